The summed E-state index contributed by atoms with van der Waals surface area (Å²) in [4.78, 5) is 0. The van der Waals surface area contributed by atoms with E-state index in [0.29, 0.717) is 24.3 Å². The fourth-order valence-electron chi connectivity index (χ4n) is 4.67. The van der Waals surface area contributed by atoms with Gasteiger partial charge >= 0.3 is 0 Å². The molecule has 0 saturated heterocycles. The van der Waals surface area contributed by atoms with Crippen LogP contribution in [0.2, 0.25) is 0 Å². The number of ether oxygens (including phenoxy) is 2. The smallest absolute Gasteiger partial charge is 0.276 e. The first-order valence-electron chi connectivity index (χ1n) is 8.72. The second-order valence-corrected chi connectivity index (χ2v) is 7.20. The Labute approximate surface area is 145 Å². The van der Waals surface area contributed by atoms with E-state index < -0.39 is 35.9 Å². The van der Waals surface area contributed by atoms with Crippen molar-refractivity contribution in [3.8, 4) is 11.5 Å². The highest BCUT2D eigenvalue weighted by Crippen LogP contribution is 2.51. The van der Waals surface area contributed by atoms with E-state index in [9.17, 15) is 15.3 Å². The number of benzene rings is 2. The van der Waals surface area contributed by atoms with Crippen LogP contribution < -0.4 is 9.47 Å². The van der Waals surface area contributed by atoms with Crippen LogP contribution in [0.3, 0.4) is 0 Å². The Morgan fingerprint density at radius 2 is 1.52 bits per heavy atom. The number of hydrogen-bond acceptors (Lipinski definition) is 5. The van der Waals surface area contributed by atoms with Gasteiger partial charge in [0.1, 0.15) is 11.5 Å². The summed E-state index contributed by atoms with van der Waals surface area (Å²) in [5.41, 5.74) is 0. The van der Waals surface area contributed by atoms with Crippen LogP contribution in [0.15, 0.2) is 48.6 Å². The van der Waals surface area contributed by atoms with Crippen LogP contribution in [0.25, 0.3) is 10.8 Å². The molecule has 5 unspecified atom stereocenters. The lowest BCUT2D eigenvalue weighted by atomic mass is 9.66. The van der Waals surface area contributed by atoms with Gasteiger partial charge in [0.2, 0.25) is 0 Å². The highest BCUT2D eigenvalue weighted by Gasteiger charge is 2.58. The molecule has 5 nitrogen and oxygen atoms in total. The number of fused-ring (bicyclic) bond motifs is 2. The summed E-state index contributed by atoms with van der Waals surface area (Å²) in [5, 5.41) is 33.4. The Balaban J connectivity index is 1.68. The molecule has 1 fully saturated rings. The second-order valence-electron chi connectivity index (χ2n) is 7.20. The molecule has 0 bridgehead atoms. The summed E-state index contributed by atoms with van der Waals surface area (Å²) in [6.45, 7) is 0. The largest absolute Gasteiger partial charge is 0.448 e. The van der Waals surface area contributed by atoms with Crippen LogP contribution in [0, 0.1) is 11.8 Å². The van der Waals surface area contributed by atoms with Crippen molar-refractivity contribution in [2.45, 2.75) is 36.9 Å². The van der Waals surface area contributed by atoms with Gasteiger partial charge in [0.15, 0.2) is 0 Å². The highest BCUT2D eigenvalue weighted by atomic mass is 16.7. The van der Waals surface area contributed by atoms with Gasteiger partial charge in [-0.05, 0) is 36.4 Å². The standard InChI is InChI=1S/C20H20O5/c21-12-7-8-14(23)19-18(12)13(22)9-10-20(19)24-15-5-1-3-11-4-2-6-16(25-20)17(11)15/h1-6,9-10,12-14,18-19,21-23H,7-8H2. The molecule has 130 valence electrons. The normalized spacial score (nSPS) is 35.1. The van der Waals surface area contributed by atoms with Crippen molar-refractivity contribution in [3.05, 3.63) is 48.6 Å². The van der Waals surface area contributed by atoms with Crippen LogP contribution in [0.1, 0.15) is 12.8 Å². The molecule has 2 aliphatic carbocycles. The molecule has 3 aliphatic rings. The maximum atomic E-state index is 10.7. The van der Waals surface area contributed by atoms with Crippen molar-refractivity contribution < 1.29 is 24.8 Å². The van der Waals surface area contributed by atoms with Crippen molar-refractivity contribution in [1.82, 2.24) is 0 Å². The van der Waals surface area contributed by atoms with Gasteiger partial charge < -0.3 is 24.8 Å². The number of aliphatic hydroxyl groups is 3. The van der Waals surface area contributed by atoms with E-state index in [1.54, 1.807) is 12.2 Å². The van der Waals surface area contributed by atoms with Crippen molar-refractivity contribution in [3.63, 3.8) is 0 Å². The molecule has 0 amide bonds. The maximum Gasteiger partial charge on any atom is 0.276 e. The molecule has 25 heavy (non-hydrogen) atoms. The minimum atomic E-state index is -1.23. The third-order valence-electron chi connectivity index (χ3n) is 5.78. The average molecular weight is 340 g/mol. The summed E-state index contributed by atoms with van der Waals surface area (Å²) in [6, 6.07) is 11.6. The second kappa shape index (κ2) is 5.21. The first-order chi connectivity index (χ1) is 12.1. The highest BCUT2D eigenvalue weighted by molar-refractivity contribution is 5.94. The molecule has 1 spiro atoms. The zero-order chi connectivity index (χ0) is 17.2. The van der Waals surface area contributed by atoms with Gasteiger partial charge in [-0.3, -0.25) is 0 Å². The number of hydrogen-bond donors (Lipinski definition) is 3. The van der Waals surface area contributed by atoms with E-state index in [4.69, 9.17) is 9.47 Å². The molecule has 2 aromatic carbocycles. The van der Waals surface area contributed by atoms with E-state index >= 15 is 0 Å². The molecule has 5 atom stereocenters. The van der Waals surface area contributed by atoms with E-state index in [1.165, 1.54) is 0 Å². The first kappa shape index (κ1) is 15.2. The topological polar surface area (TPSA) is 79.2 Å². The molecule has 3 N–H and O–H groups in total. The lowest BCUT2D eigenvalue weighted by molar-refractivity contribution is -0.214. The van der Waals surface area contributed by atoms with Gasteiger partial charge in [-0.2, -0.15) is 0 Å². The van der Waals surface area contributed by atoms with Crippen LogP contribution in [0.4, 0.5) is 0 Å². The molecule has 1 saturated carbocycles. The summed E-state index contributed by atoms with van der Waals surface area (Å²) in [7, 11) is 0. The molecule has 5 heteroatoms. The summed E-state index contributed by atoms with van der Waals surface area (Å²) in [6.07, 6.45) is 1.94. The van der Waals surface area contributed by atoms with E-state index in [1.807, 2.05) is 36.4 Å². The van der Waals surface area contributed by atoms with Crippen LogP contribution in [0.5, 0.6) is 11.5 Å². The van der Waals surface area contributed by atoms with Gasteiger partial charge in [0, 0.05) is 5.92 Å². The zero-order valence-electron chi connectivity index (χ0n) is 13.6. The van der Waals surface area contributed by atoms with Crippen molar-refractivity contribution >= 4 is 10.8 Å². The van der Waals surface area contributed by atoms with Crippen molar-refractivity contribution in [2.75, 3.05) is 0 Å². The van der Waals surface area contributed by atoms with Crippen molar-refractivity contribution in [2.24, 2.45) is 11.8 Å². The summed E-state index contributed by atoms with van der Waals surface area (Å²) >= 11 is 0. The SMILES string of the molecule is OC1C=CC2(Oc3cccc4cccc(c34)O2)C2C(O)CCC(O)C12. The Kier molecular flexibility index (Phi) is 3.17. The number of aliphatic hydroxyl groups excluding tert-OH is 3. The minimum absolute atomic E-state index is 0.448. The monoisotopic (exact) mass is 340 g/mol. The summed E-state index contributed by atoms with van der Waals surface area (Å²) in [5.74, 6) is -0.941. The van der Waals surface area contributed by atoms with Crippen LogP contribution in [-0.4, -0.2) is 39.4 Å². The summed E-state index contributed by atoms with van der Waals surface area (Å²) < 4.78 is 12.6. The third-order valence-corrected chi connectivity index (χ3v) is 5.78. The van der Waals surface area contributed by atoms with Crippen LogP contribution in [-0.2, 0) is 0 Å². The van der Waals surface area contributed by atoms with E-state index in [-0.39, 0.29) is 0 Å². The van der Waals surface area contributed by atoms with Gasteiger partial charge in [-0.1, -0.05) is 30.3 Å². The minimum Gasteiger partial charge on any atom is -0.448 e. The maximum absolute atomic E-state index is 10.7. The van der Waals surface area contributed by atoms with Gasteiger partial charge in [-0.15, -0.1) is 0 Å². The molecule has 0 radical (unpaired) electrons. The fourth-order valence-corrected chi connectivity index (χ4v) is 4.67. The predicted octanol–water partition coefficient (Wildman–Crippen LogP) is 1.99. The molecule has 1 aliphatic heterocycles. The Morgan fingerprint density at radius 1 is 0.880 bits per heavy atom. The first-order valence-corrected chi connectivity index (χ1v) is 8.72. The van der Waals surface area contributed by atoms with Gasteiger partial charge in [0.05, 0.1) is 29.6 Å². The number of rotatable bonds is 0. The Hall–Kier alpha value is -2.08. The predicted molar refractivity (Wildman–Crippen MR) is 91.3 cm³/mol. The van der Waals surface area contributed by atoms with Gasteiger partial charge in [-0.25, -0.2) is 0 Å². The molecular weight excluding hydrogens is 320 g/mol. The molecule has 1 heterocycles. The van der Waals surface area contributed by atoms with Gasteiger partial charge in [0.25, 0.3) is 5.79 Å². The Bertz CT molecular complexity index is 820. The lowest BCUT2D eigenvalue weighted by Crippen LogP contribution is -2.63. The molecular formula is C20H20O5. The van der Waals surface area contributed by atoms with Crippen molar-refractivity contribution in [1.29, 1.82) is 0 Å². The van der Waals surface area contributed by atoms with E-state index in [0.717, 1.165) is 10.8 Å². The molecule has 5 rings (SSSR count). The molecule has 0 aromatic heterocycles. The zero-order valence-corrected chi connectivity index (χ0v) is 13.6. The molecule has 2 aromatic rings. The fraction of sp³-hybridized carbons (Fsp3) is 0.400. The van der Waals surface area contributed by atoms with E-state index in [2.05, 4.69) is 0 Å². The average Bonchev–Trinajstić information content (AvgIpc) is 2.61. The quantitative estimate of drug-likeness (QED) is 0.639. The Morgan fingerprint density at radius 3 is 2.20 bits per heavy atom. The lowest BCUT2D eigenvalue weighted by Gasteiger charge is -2.52. The van der Waals surface area contributed by atoms with Crippen LogP contribution >= 0.6 is 0 Å². The third kappa shape index (κ3) is 2.06.